The highest BCUT2D eigenvalue weighted by Gasteiger charge is 2.49. The Balaban J connectivity index is 1.93. The molecule has 0 unspecified atom stereocenters. The molecular formula is C18H19NO2. The summed E-state index contributed by atoms with van der Waals surface area (Å²) in [6.45, 7) is 4.15. The number of benzene rings is 2. The molecule has 1 saturated heterocycles. The van der Waals surface area contributed by atoms with E-state index in [2.05, 4.69) is 13.8 Å². The molecule has 0 bridgehead atoms. The number of rotatable bonds is 4. The summed E-state index contributed by atoms with van der Waals surface area (Å²) in [5.41, 5.74) is 1.73. The van der Waals surface area contributed by atoms with Crippen molar-refractivity contribution in [1.82, 2.24) is 0 Å². The zero-order valence-corrected chi connectivity index (χ0v) is 12.3. The Morgan fingerprint density at radius 3 is 1.81 bits per heavy atom. The molecule has 3 rings (SSSR count). The van der Waals surface area contributed by atoms with Gasteiger partial charge in [-0.15, -0.1) is 0 Å². The van der Waals surface area contributed by atoms with Crippen molar-refractivity contribution in [2.45, 2.75) is 26.1 Å². The minimum atomic E-state index is -0.328. The summed E-state index contributed by atoms with van der Waals surface area (Å²) >= 11 is 0. The van der Waals surface area contributed by atoms with Crippen molar-refractivity contribution in [2.24, 2.45) is 5.92 Å². The average molecular weight is 281 g/mol. The molecule has 1 amide bonds. The number of anilines is 2. The number of ether oxygens (including phenoxy) is 1. The van der Waals surface area contributed by atoms with Gasteiger partial charge in [0.05, 0.1) is 6.10 Å². The molecule has 2 atom stereocenters. The Labute approximate surface area is 125 Å². The minimum Gasteiger partial charge on any atom is -0.359 e. The first-order valence-electron chi connectivity index (χ1n) is 7.28. The number of amides is 1. The Bertz CT molecular complexity index is 570. The van der Waals surface area contributed by atoms with E-state index in [-0.39, 0.29) is 18.1 Å². The third-order valence-corrected chi connectivity index (χ3v) is 3.68. The van der Waals surface area contributed by atoms with Crippen molar-refractivity contribution in [2.75, 3.05) is 4.90 Å². The molecule has 1 aliphatic heterocycles. The molecule has 21 heavy (non-hydrogen) atoms. The van der Waals surface area contributed by atoms with Gasteiger partial charge in [0.15, 0.2) is 6.10 Å². The van der Waals surface area contributed by atoms with Crippen LogP contribution < -0.4 is 4.90 Å². The van der Waals surface area contributed by atoms with Crippen molar-refractivity contribution in [3.8, 4) is 0 Å². The van der Waals surface area contributed by atoms with Crippen LogP contribution in [0, 0.1) is 5.92 Å². The number of carbonyl (C=O) groups is 1. The zero-order chi connectivity index (χ0) is 14.8. The summed E-state index contributed by atoms with van der Waals surface area (Å²) in [6.07, 6.45) is -0.294. The van der Waals surface area contributed by atoms with Crippen LogP contribution in [-0.2, 0) is 9.53 Å². The van der Waals surface area contributed by atoms with Crippen molar-refractivity contribution in [1.29, 1.82) is 0 Å². The maximum Gasteiger partial charge on any atom is 0.263 e. The standard InChI is InChI=1S/C18H19NO2/c1-13(2)16-17(21-16)18(20)19(14-9-5-3-6-10-14)15-11-7-4-8-12-15/h3-13,16-17H,1-2H3/t16-,17-/m0/s1. The molecule has 0 aliphatic carbocycles. The van der Waals surface area contributed by atoms with Crippen molar-refractivity contribution < 1.29 is 9.53 Å². The zero-order valence-electron chi connectivity index (χ0n) is 12.3. The van der Waals surface area contributed by atoms with Gasteiger partial charge in [-0.3, -0.25) is 9.69 Å². The van der Waals surface area contributed by atoms with E-state index in [0.717, 1.165) is 11.4 Å². The van der Waals surface area contributed by atoms with E-state index in [1.54, 1.807) is 4.90 Å². The fraction of sp³-hybridized carbons (Fsp3) is 0.278. The second-order valence-corrected chi connectivity index (χ2v) is 5.61. The van der Waals surface area contributed by atoms with E-state index in [0.29, 0.717) is 5.92 Å². The summed E-state index contributed by atoms with van der Waals surface area (Å²) in [7, 11) is 0. The van der Waals surface area contributed by atoms with Gasteiger partial charge in [-0.05, 0) is 30.2 Å². The number of hydrogen-bond donors (Lipinski definition) is 0. The van der Waals surface area contributed by atoms with Gasteiger partial charge < -0.3 is 4.74 Å². The molecular weight excluding hydrogens is 262 g/mol. The quantitative estimate of drug-likeness (QED) is 0.799. The van der Waals surface area contributed by atoms with Crippen molar-refractivity contribution in [3.05, 3.63) is 60.7 Å². The highest BCUT2D eigenvalue weighted by Crippen LogP contribution is 2.35. The Morgan fingerprint density at radius 1 is 0.952 bits per heavy atom. The lowest BCUT2D eigenvalue weighted by Gasteiger charge is -2.22. The van der Waals surface area contributed by atoms with Gasteiger partial charge in [0.1, 0.15) is 0 Å². The molecule has 3 nitrogen and oxygen atoms in total. The van der Waals surface area contributed by atoms with E-state index in [1.165, 1.54) is 0 Å². The fourth-order valence-electron chi connectivity index (χ4n) is 2.51. The van der Waals surface area contributed by atoms with Gasteiger partial charge in [-0.2, -0.15) is 0 Å². The number of nitrogens with zero attached hydrogens (tertiary/aromatic N) is 1. The van der Waals surface area contributed by atoms with E-state index in [1.807, 2.05) is 60.7 Å². The predicted molar refractivity (Wildman–Crippen MR) is 83.5 cm³/mol. The average Bonchev–Trinajstić information content (AvgIpc) is 3.30. The van der Waals surface area contributed by atoms with Crippen molar-refractivity contribution in [3.63, 3.8) is 0 Å². The van der Waals surface area contributed by atoms with Gasteiger partial charge in [-0.1, -0.05) is 50.2 Å². The number of epoxide rings is 1. The second-order valence-electron chi connectivity index (χ2n) is 5.61. The lowest BCUT2D eigenvalue weighted by atomic mass is 10.1. The monoisotopic (exact) mass is 281 g/mol. The minimum absolute atomic E-state index is 0.00565. The number of para-hydroxylation sites is 2. The third-order valence-electron chi connectivity index (χ3n) is 3.68. The van der Waals surface area contributed by atoms with Crippen LogP contribution in [0.25, 0.3) is 0 Å². The molecule has 0 N–H and O–H groups in total. The van der Waals surface area contributed by atoms with E-state index >= 15 is 0 Å². The molecule has 0 radical (unpaired) electrons. The largest absolute Gasteiger partial charge is 0.359 e. The normalized spacial score (nSPS) is 20.3. The first-order valence-corrected chi connectivity index (χ1v) is 7.28. The van der Waals surface area contributed by atoms with Crippen LogP contribution >= 0.6 is 0 Å². The van der Waals surface area contributed by atoms with Crippen LogP contribution in [0.3, 0.4) is 0 Å². The highest BCUT2D eigenvalue weighted by molar-refractivity contribution is 6.04. The van der Waals surface area contributed by atoms with Crippen LogP contribution in [-0.4, -0.2) is 18.1 Å². The molecule has 0 spiro atoms. The molecule has 2 aromatic rings. The maximum atomic E-state index is 12.8. The Morgan fingerprint density at radius 2 is 1.43 bits per heavy atom. The third kappa shape index (κ3) is 2.83. The molecule has 3 heteroatoms. The van der Waals surface area contributed by atoms with Crippen LogP contribution in [0.5, 0.6) is 0 Å². The van der Waals surface area contributed by atoms with Gasteiger partial charge in [0.2, 0.25) is 0 Å². The highest BCUT2D eigenvalue weighted by atomic mass is 16.6. The first kappa shape index (κ1) is 13.8. The number of carbonyl (C=O) groups excluding carboxylic acids is 1. The lowest BCUT2D eigenvalue weighted by molar-refractivity contribution is -0.119. The molecule has 108 valence electrons. The summed E-state index contributed by atoms with van der Waals surface area (Å²) in [6, 6.07) is 19.4. The molecule has 1 aliphatic rings. The van der Waals surface area contributed by atoms with Crippen molar-refractivity contribution >= 4 is 17.3 Å². The van der Waals surface area contributed by atoms with Gasteiger partial charge in [-0.25, -0.2) is 0 Å². The second kappa shape index (κ2) is 5.70. The summed E-state index contributed by atoms with van der Waals surface area (Å²) in [5.74, 6) is 0.360. The van der Waals surface area contributed by atoms with Crippen LogP contribution in [0.1, 0.15) is 13.8 Å². The molecule has 0 aromatic heterocycles. The predicted octanol–water partition coefficient (Wildman–Crippen LogP) is 3.77. The van der Waals surface area contributed by atoms with Crippen LogP contribution in [0.2, 0.25) is 0 Å². The summed E-state index contributed by atoms with van der Waals surface area (Å²) < 4.78 is 5.57. The van der Waals surface area contributed by atoms with E-state index in [9.17, 15) is 4.79 Å². The van der Waals surface area contributed by atoms with Gasteiger partial charge in [0.25, 0.3) is 5.91 Å². The smallest absolute Gasteiger partial charge is 0.263 e. The summed E-state index contributed by atoms with van der Waals surface area (Å²) in [4.78, 5) is 14.6. The topological polar surface area (TPSA) is 32.8 Å². The van der Waals surface area contributed by atoms with E-state index < -0.39 is 0 Å². The number of hydrogen-bond acceptors (Lipinski definition) is 2. The fourth-order valence-corrected chi connectivity index (χ4v) is 2.51. The van der Waals surface area contributed by atoms with E-state index in [4.69, 9.17) is 4.74 Å². The SMILES string of the molecule is CC(C)[C@@H]1O[C@@H]1C(=O)N(c1ccccc1)c1ccccc1. The lowest BCUT2D eigenvalue weighted by Crippen LogP contribution is -2.31. The molecule has 0 saturated carbocycles. The first-order chi connectivity index (χ1) is 10.2. The van der Waals surface area contributed by atoms with Gasteiger partial charge >= 0.3 is 0 Å². The molecule has 1 fully saturated rings. The molecule has 2 aromatic carbocycles. The molecule has 1 heterocycles. The van der Waals surface area contributed by atoms with Crippen LogP contribution in [0.4, 0.5) is 11.4 Å². The van der Waals surface area contributed by atoms with Crippen LogP contribution in [0.15, 0.2) is 60.7 Å². The van der Waals surface area contributed by atoms with Gasteiger partial charge in [0, 0.05) is 11.4 Å². The Kier molecular flexibility index (Phi) is 3.76. The maximum absolute atomic E-state index is 12.8. The summed E-state index contributed by atoms with van der Waals surface area (Å²) in [5, 5.41) is 0. The Hall–Kier alpha value is -2.13.